The Morgan fingerprint density at radius 3 is 2.26 bits per heavy atom. The molecular formula is C16H30O3. The first-order valence-electron chi connectivity index (χ1n) is 7.92. The van der Waals surface area contributed by atoms with Crippen LogP contribution in [0, 0.1) is 11.8 Å². The van der Waals surface area contributed by atoms with E-state index >= 15 is 0 Å². The van der Waals surface area contributed by atoms with Gasteiger partial charge in [0.25, 0.3) is 0 Å². The molecule has 0 heterocycles. The normalized spacial score (nSPS) is 42.8. The molecule has 0 aromatic rings. The quantitative estimate of drug-likeness (QED) is 0.689. The molecule has 0 aromatic carbocycles. The first-order chi connectivity index (χ1) is 8.96. The lowest BCUT2D eigenvalue weighted by atomic mass is 9.66. The first-order valence-corrected chi connectivity index (χ1v) is 7.92. The minimum atomic E-state index is -0.394. The Balaban J connectivity index is 2.00. The first kappa shape index (κ1) is 15.3. The van der Waals surface area contributed by atoms with E-state index in [1.807, 2.05) is 0 Å². The fraction of sp³-hybridized carbons (Fsp3) is 1.00. The zero-order chi connectivity index (χ0) is 14.1. The van der Waals surface area contributed by atoms with Gasteiger partial charge in [-0.2, -0.15) is 0 Å². The molecule has 2 rings (SSSR count). The van der Waals surface area contributed by atoms with E-state index in [1.54, 1.807) is 6.92 Å². The molecule has 19 heavy (non-hydrogen) atoms. The third-order valence-electron chi connectivity index (χ3n) is 4.83. The smallest absolute Gasteiger partial charge is 0.100 e. The Kier molecular flexibility index (Phi) is 4.59. The van der Waals surface area contributed by atoms with Crippen molar-refractivity contribution in [2.45, 2.75) is 77.1 Å². The van der Waals surface area contributed by atoms with Crippen LogP contribution in [0.25, 0.3) is 0 Å². The molecule has 2 saturated carbocycles. The maximum atomic E-state index is 9.50. The Morgan fingerprint density at radius 2 is 1.84 bits per heavy atom. The van der Waals surface area contributed by atoms with Gasteiger partial charge in [-0.25, -0.2) is 0 Å². The molecule has 112 valence electrons. The van der Waals surface area contributed by atoms with Crippen LogP contribution in [-0.2, 0) is 9.47 Å². The highest BCUT2D eigenvalue weighted by Gasteiger charge is 2.70. The standard InChI is InChI=1S/C16H30O3/c1-5-6-7-18-16(10-13(16)3)15(8-12(2)9-15)19-11-14(4)17/h12-14,17H,5-11H2,1-4H3. The van der Waals surface area contributed by atoms with Crippen molar-refractivity contribution < 1.29 is 14.6 Å². The number of ether oxygens (including phenoxy) is 2. The molecule has 3 atom stereocenters. The second-order valence-electron chi connectivity index (χ2n) is 6.86. The SMILES string of the molecule is CCCCOC1(C2(OCC(C)O)CC(C)C2)CC1C. The van der Waals surface area contributed by atoms with Crippen molar-refractivity contribution in [3.05, 3.63) is 0 Å². The van der Waals surface area contributed by atoms with Crippen LogP contribution in [0.3, 0.4) is 0 Å². The van der Waals surface area contributed by atoms with Crippen molar-refractivity contribution in [1.29, 1.82) is 0 Å². The van der Waals surface area contributed by atoms with E-state index in [1.165, 1.54) is 6.42 Å². The molecule has 0 bridgehead atoms. The molecule has 0 spiro atoms. The van der Waals surface area contributed by atoms with Crippen LogP contribution in [0.5, 0.6) is 0 Å². The van der Waals surface area contributed by atoms with Crippen molar-refractivity contribution >= 4 is 0 Å². The number of aliphatic hydroxyl groups is 1. The molecule has 0 aliphatic heterocycles. The highest BCUT2D eigenvalue weighted by atomic mass is 16.6. The van der Waals surface area contributed by atoms with Gasteiger partial charge in [-0.3, -0.25) is 0 Å². The number of hydrogen-bond donors (Lipinski definition) is 1. The highest BCUT2D eigenvalue weighted by molar-refractivity contribution is 5.21. The largest absolute Gasteiger partial charge is 0.391 e. The predicted octanol–water partition coefficient (Wildman–Crippen LogP) is 3.15. The number of aliphatic hydroxyl groups excluding tert-OH is 1. The molecule has 1 N–H and O–H groups in total. The number of hydrogen-bond acceptors (Lipinski definition) is 3. The predicted molar refractivity (Wildman–Crippen MR) is 76.1 cm³/mol. The zero-order valence-corrected chi connectivity index (χ0v) is 12.9. The van der Waals surface area contributed by atoms with Crippen LogP contribution in [0.15, 0.2) is 0 Å². The number of rotatable bonds is 8. The van der Waals surface area contributed by atoms with Crippen molar-refractivity contribution in [3.63, 3.8) is 0 Å². The van der Waals surface area contributed by atoms with Crippen LogP contribution in [0.1, 0.15) is 59.8 Å². The van der Waals surface area contributed by atoms with Gasteiger partial charge in [0, 0.05) is 6.61 Å². The molecule has 2 aliphatic rings. The highest BCUT2D eigenvalue weighted by Crippen LogP contribution is 2.63. The Labute approximate surface area is 117 Å². The van der Waals surface area contributed by atoms with E-state index < -0.39 is 6.10 Å². The van der Waals surface area contributed by atoms with Gasteiger partial charge >= 0.3 is 0 Å². The molecule has 0 amide bonds. The molecule has 3 nitrogen and oxygen atoms in total. The summed E-state index contributed by atoms with van der Waals surface area (Å²) in [5, 5.41) is 9.50. The van der Waals surface area contributed by atoms with Gasteiger partial charge in [-0.15, -0.1) is 0 Å². The van der Waals surface area contributed by atoms with Gasteiger partial charge in [-0.05, 0) is 44.4 Å². The lowest BCUT2D eigenvalue weighted by molar-refractivity contribution is -0.228. The average Bonchev–Trinajstić information content (AvgIpc) is 2.95. The van der Waals surface area contributed by atoms with Crippen LogP contribution >= 0.6 is 0 Å². The van der Waals surface area contributed by atoms with Crippen LogP contribution in [-0.4, -0.2) is 35.6 Å². The summed E-state index contributed by atoms with van der Waals surface area (Å²) in [5.41, 5.74) is -0.194. The Morgan fingerprint density at radius 1 is 1.21 bits per heavy atom. The van der Waals surface area contributed by atoms with Gasteiger partial charge in [0.1, 0.15) is 5.60 Å². The molecule has 0 radical (unpaired) electrons. The van der Waals surface area contributed by atoms with E-state index in [4.69, 9.17) is 9.47 Å². The Bertz CT molecular complexity index is 296. The second kappa shape index (κ2) is 5.71. The monoisotopic (exact) mass is 270 g/mol. The summed E-state index contributed by atoms with van der Waals surface area (Å²) in [6.07, 6.45) is 5.17. The van der Waals surface area contributed by atoms with E-state index in [-0.39, 0.29) is 11.2 Å². The Hall–Kier alpha value is -0.120. The molecular weight excluding hydrogens is 240 g/mol. The van der Waals surface area contributed by atoms with Crippen molar-refractivity contribution in [3.8, 4) is 0 Å². The summed E-state index contributed by atoms with van der Waals surface area (Å²) in [5.74, 6) is 1.30. The minimum Gasteiger partial charge on any atom is -0.391 e. The third-order valence-corrected chi connectivity index (χ3v) is 4.83. The second-order valence-corrected chi connectivity index (χ2v) is 6.86. The summed E-state index contributed by atoms with van der Waals surface area (Å²) in [6.45, 7) is 9.79. The van der Waals surface area contributed by atoms with Crippen molar-refractivity contribution in [1.82, 2.24) is 0 Å². The summed E-state index contributed by atoms with van der Waals surface area (Å²) in [7, 11) is 0. The molecule has 2 aliphatic carbocycles. The summed E-state index contributed by atoms with van der Waals surface area (Å²) in [4.78, 5) is 0. The van der Waals surface area contributed by atoms with Gasteiger partial charge in [-0.1, -0.05) is 27.2 Å². The topological polar surface area (TPSA) is 38.7 Å². The lowest BCUT2D eigenvalue weighted by Gasteiger charge is -2.52. The summed E-state index contributed by atoms with van der Waals surface area (Å²) >= 11 is 0. The van der Waals surface area contributed by atoms with E-state index in [9.17, 15) is 5.11 Å². The van der Waals surface area contributed by atoms with Gasteiger partial charge in [0.2, 0.25) is 0 Å². The maximum Gasteiger partial charge on any atom is 0.100 e. The third kappa shape index (κ3) is 2.84. The summed E-state index contributed by atoms with van der Waals surface area (Å²) in [6, 6.07) is 0. The van der Waals surface area contributed by atoms with Gasteiger partial charge in [0.15, 0.2) is 0 Å². The van der Waals surface area contributed by atoms with Gasteiger partial charge in [0.05, 0.1) is 18.3 Å². The molecule has 3 heteroatoms. The van der Waals surface area contributed by atoms with Crippen LogP contribution in [0.2, 0.25) is 0 Å². The molecule has 2 fully saturated rings. The number of unbranched alkanes of at least 4 members (excludes halogenated alkanes) is 1. The fourth-order valence-corrected chi connectivity index (χ4v) is 3.69. The average molecular weight is 270 g/mol. The van der Waals surface area contributed by atoms with Crippen LogP contribution in [0.4, 0.5) is 0 Å². The van der Waals surface area contributed by atoms with Crippen molar-refractivity contribution in [2.24, 2.45) is 11.8 Å². The lowest BCUT2D eigenvalue weighted by Crippen LogP contribution is -2.58. The maximum absolute atomic E-state index is 9.50. The molecule has 3 unspecified atom stereocenters. The van der Waals surface area contributed by atoms with Crippen LogP contribution < -0.4 is 0 Å². The minimum absolute atomic E-state index is 0.0659. The van der Waals surface area contributed by atoms with Crippen molar-refractivity contribution in [2.75, 3.05) is 13.2 Å². The van der Waals surface area contributed by atoms with E-state index in [0.717, 1.165) is 32.3 Å². The summed E-state index contributed by atoms with van der Waals surface area (Å²) < 4.78 is 12.4. The van der Waals surface area contributed by atoms with E-state index in [0.29, 0.717) is 18.4 Å². The van der Waals surface area contributed by atoms with E-state index in [2.05, 4.69) is 20.8 Å². The zero-order valence-electron chi connectivity index (χ0n) is 12.9. The molecule has 0 saturated heterocycles. The van der Waals surface area contributed by atoms with Gasteiger partial charge < -0.3 is 14.6 Å². The fourth-order valence-electron chi connectivity index (χ4n) is 3.69. The molecule has 0 aromatic heterocycles.